The molecule has 7 heteroatoms. The Bertz CT molecular complexity index is 722. The third-order valence-corrected chi connectivity index (χ3v) is 5.43. The first-order valence-electron chi connectivity index (χ1n) is 9.07. The molecular weight excluding hydrogens is 370 g/mol. The molecule has 1 amide bonds. The molecule has 146 valence electrons. The number of halogens is 1. The van der Waals surface area contributed by atoms with Gasteiger partial charge in [0.1, 0.15) is 6.04 Å². The van der Waals surface area contributed by atoms with Gasteiger partial charge in [-0.05, 0) is 37.0 Å². The minimum atomic E-state index is -0.525. The zero-order valence-corrected chi connectivity index (χ0v) is 16.1. The summed E-state index contributed by atoms with van der Waals surface area (Å²) in [6.45, 7) is 4.67. The first-order valence-corrected chi connectivity index (χ1v) is 9.60. The molecule has 2 heterocycles. The Hall–Kier alpha value is -2.21. The first kappa shape index (κ1) is 19.5. The smallest absolute Gasteiger partial charge is 0.328 e. The predicted octanol–water partition coefficient (Wildman–Crippen LogP) is 3.09. The van der Waals surface area contributed by atoms with Gasteiger partial charge >= 0.3 is 5.97 Å². The van der Waals surface area contributed by atoms with Crippen molar-refractivity contribution in [3.63, 3.8) is 0 Å². The number of alkyl halides is 1. The van der Waals surface area contributed by atoms with Crippen LogP contribution in [0.4, 0.5) is 0 Å². The number of hydrogen-bond donors (Lipinski definition) is 0. The van der Waals surface area contributed by atoms with Gasteiger partial charge in [-0.15, -0.1) is 18.2 Å². The van der Waals surface area contributed by atoms with Crippen molar-refractivity contribution in [3.05, 3.63) is 36.4 Å². The van der Waals surface area contributed by atoms with E-state index in [9.17, 15) is 9.59 Å². The van der Waals surface area contributed by atoms with Crippen LogP contribution < -0.4 is 9.47 Å². The van der Waals surface area contributed by atoms with Gasteiger partial charge in [-0.25, -0.2) is 4.79 Å². The van der Waals surface area contributed by atoms with Gasteiger partial charge < -0.3 is 19.1 Å². The van der Waals surface area contributed by atoms with E-state index in [1.54, 1.807) is 11.0 Å². The monoisotopic (exact) mass is 393 g/mol. The second-order valence-corrected chi connectivity index (χ2v) is 7.05. The standard InChI is InChI=1S/C20H24ClNO5/c1-3-14(13-6-7-17-18(11-13)27-12-26-17)15(8-9-21)19(23)22-10-4-5-16(22)20(24)25-2/h3,6-7,11,14-16H,1,4-5,8-10,12H2,2H3/t14-,15-,16-/m0/s1. The Morgan fingerprint density at radius 3 is 2.89 bits per heavy atom. The molecular formula is C20H24ClNO5. The Kier molecular flexibility index (Phi) is 6.26. The number of carbonyl (C=O) groups excluding carboxylic acids is 2. The number of methoxy groups -OCH3 is 1. The third kappa shape index (κ3) is 3.90. The number of allylic oxidation sites excluding steroid dienone is 1. The fraction of sp³-hybridized carbons (Fsp3) is 0.500. The minimum Gasteiger partial charge on any atom is -0.467 e. The second kappa shape index (κ2) is 8.65. The van der Waals surface area contributed by atoms with Crippen molar-refractivity contribution in [1.82, 2.24) is 4.90 Å². The third-order valence-electron chi connectivity index (χ3n) is 5.22. The fourth-order valence-electron chi connectivity index (χ4n) is 3.85. The van der Waals surface area contributed by atoms with Gasteiger partial charge in [0.15, 0.2) is 11.5 Å². The summed E-state index contributed by atoms with van der Waals surface area (Å²) < 4.78 is 15.7. The molecule has 0 saturated carbocycles. The number of carbonyl (C=O) groups is 2. The summed E-state index contributed by atoms with van der Waals surface area (Å²) in [5.41, 5.74) is 0.909. The number of likely N-dealkylation sites (tertiary alicyclic amines) is 1. The van der Waals surface area contributed by atoms with E-state index in [0.29, 0.717) is 36.8 Å². The summed E-state index contributed by atoms with van der Waals surface area (Å²) in [6, 6.07) is 5.10. The normalized spacial score (nSPS) is 20.2. The molecule has 3 atom stereocenters. The van der Waals surface area contributed by atoms with Gasteiger partial charge in [-0.3, -0.25) is 4.79 Å². The molecule has 2 aliphatic rings. The molecule has 0 radical (unpaired) electrons. The Morgan fingerprint density at radius 2 is 2.19 bits per heavy atom. The maximum Gasteiger partial charge on any atom is 0.328 e. The molecule has 0 aliphatic carbocycles. The molecule has 0 unspecified atom stereocenters. The first-order chi connectivity index (χ1) is 13.1. The molecule has 0 bridgehead atoms. The highest BCUT2D eigenvalue weighted by molar-refractivity contribution is 6.18. The molecule has 1 fully saturated rings. The number of hydrogen-bond acceptors (Lipinski definition) is 5. The van der Waals surface area contributed by atoms with E-state index in [0.717, 1.165) is 12.0 Å². The summed E-state index contributed by atoms with van der Waals surface area (Å²) in [5, 5.41) is 0. The Labute approximate surface area is 164 Å². The highest BCUT2D eigenvalue weighted by Gasteiger charge is 2.40. The van der Waals surface area contributed by atoms with Crippen LogP contribution in [0.1, 0.15) is 30.7 Å². The zero-order chi connectivity index (χ0) is 19.4. The van der Waals surface area contributed by atoms with Crippen LogP contribution in [0.15, 0.2) is 30.9 Å². The van der Waals surface area contributed by atoms with Gasteiger partial charge in [0.2, 0.25) is 12.7 Å². The molecule has 3 rings (SSSR count). The lowest BCUT2D eigenvalue weighted by molar-refractivity contribution is -0.152. The van der Waals surface area contributed by atoms with Crippen molar-refractivity contribution in [1.29, 1.82) is 0 Å². The summed E-state index contributed by atoms with van der Waals surface area (Å²) in [7, 11) is 1.35. The molecule has 2 aliphatic heterocycles. The van der Waals surface area contributed by atoms with Crippen molar-refractivity contribution >= 4 is 23.5 Å². The van der Waals surface area contributed by atoms with Crippen molar-refractivity contribution in [2.75, 3.05) is 26.3 Å². The van der Waals surface area contributed by atoms with Gasteiger partial charge in [0, 0.05) is 24.3 Å². The largest absolute Gasteiger partial charge is 0.467 e. The summed E-state index contributed by atoms with van der Waals surface area (Å²) in [5.74, 6) is 0.560. The maximum atomic E-state index is 13.3. The SMILES string of the molecule is C=C[C@@H](c1ccc2c(c1)OCO2)[C@H](CCCl)C(=O)N1CCC[C@H]1C(=O)OC. The molecule has 6 nitrogen and oxygen atoms in total. The van der Waals surface area contributed by atoms with Gasteiger partial charge in [-0.1, -0.05) is 12.1 Å². The van der Waals surface area contributed by atoms with Crippen LogP contribution in [0.25, 0.3) is 0 Å². The lowest BCUT2D eigenvalue weighted by atomic mass is 9.83. The average molecular weight is 394 g/mol. The van der Waals surface area contributed by atoms with Crippen molar-refractivity contribution in [2.45, 2.75) is 31.2 Å². The van der Waals surface area contributed by atoms with Gasteiger partial charge in [0.25, 0.3) is 0 Å². The summed E-state index contributed by atoms with van der Waals surface area (Å²) in [6.07, 6.45) is 3.64. The topological polar surface area (TPSA) is 65.1 Å². The highest BCUT2D eigenvalue weighted by atomic mass is 35.5. The van der Waals surface area contributed by atoms with E-state index in [4.69, 9.17) is 25.8 Å². The van der Waals surface area contributed by atoms with E-state index < -0.39 is 12.0 Å². The molecule has 0 N–H and O–H groups in total. The molecule has 27 heavy (non-hydrogen) atoms. The quantitative estimate of drug-likeness (QED) is 0.404. The number of benzene rings is 1. The molecule has 0 spiro atoms. The zero-order valence-electron chi connectivity index (χ0n) is 15.4. The van der Waals surface area contributed by atoms with E-state index in [2.05, 4.69) is 6.58 Å². The van der Waals surface area contributed by atoms with Crippen molar-refractivity contribution < 1.29 is 23.8 Å². The lowest BCUT2D eigenvalue weighted by Gasteiger charge is -2.31. The number of amides is 1. The van der Waals surface area contributed by atoms with Crippen LogP contribution in [0.5, 0.6) is 11.5 Å². The van der Waals surface area contributed by atoms with Gasteiger partial charge in [0.05, 0.1) is 7.11 Å². The second-order valence-electron chi connectivity index (χ2n) is 6.67. The number of ether oxygens (including phenoxy) is 3. The van der Waals surface area contributed by atoms with E-state index in [1.165, 1.54) is 7.11 Å². The van der Waals surface area contributed by atoms with E-state index in [1.807, 2.05) is 18.2 Å². The van der Waals surface area contributed by atoms with E-state index in [-0.39, 0.29) is 24.6 Å². The van der Waals surface area contributed by atoms with Crippen molar-refractivity contribution in [2.24, 2.45) is 5.92 Å². The number of nitrogens with zero attached hydrogens (tertiary/aromatic N) is 1. The lowest BCUT2D eigenvalue weighted by Crippen LogP contribution is -2.45. The van der Waals surface area contributed by atoms with Crippen LogP contribution in [0.3, 0.4) is 0 Å². The van der Waals surface area contributed by atoms with Crippen LogP contribution in [0.2, 0.25) is 0 Å². The summed E-state index contributed by atoms with van der Waals surface area (Å²) >= 11 is 6.01. The average Bonchev–Trinajstić information content (AvgIpc) is 3.35. The minimum absolute atomic E-state index is 0.0916. The van der Waals surface area contributed by atoms with Crippen LogP contribution in [-0.4, -0.2) is 49.1 Å². The van der Waals surface area contributed by atoms with Crippen LogP contribution >= 0.6 is 11.6 Å². The van der Waals surface area contributed by atoms with E-state index >= 15 is 0 Å². The molecule has 0 aromatic heterocycles. The van der Waals surface area contributed by atoms with Gasteiger partial charge in [-0.2, -0.15) is 0 Å². The Morgan fingerprint density at radius 1 is 1.41 bits per heavy atom. The summed E-state index contributed by atoms with van der Waals surface area (Å²) in [4.78, 5) is 27.0. The predicted molar refractivity (Wildman–Crippen MR) is 101 cm³/mol. The highest BCUT2D eigenvalue weighted by Crippen LogP contribution is 2.39. The molecule has 1 aromatic carbocycles. The molecule has 1 aromatic rings. The maximum absolute atomic E-state index is 13.3. The number of rotatable bonds is 7. The fourth-order valence-corrected chi connectivity index (χ4v) is 4.09. The van der Waals surface area contributed by atoms with Crippen LogP contribution in [-0.2, 0) is 14.3 Å². The number of esters is 1. The van der Waals surface area contributed by atoms with Crippen molar-refractivity contribution in [3.8, 4) is 11.5 Å². The Balaban J connectivity index is 1.87. The molecule has 1 saturated heterocycles. The number of fused-ring (bicyclic) bond motifs is 1. The van der Waals surface area contributed by atoms with Crippen LogP contribution in [0, 0.1) is 5.92 Å².